The van der Waals surface area contributed by atoms with Crippen LogP contribution in [0.5, 0.6) is 0 Å². The number of hydrogen-bond acceptors (Lipinski definition) is 2. The van der Waals surface area contributed by atoms with Crippen LogP contribution < -0.4 is 10.6 Å². The van der Waals surface area contributed by atoms with Crippen LogP contribution in [0.3, 0.4) is 0 Å². The Balaban J connectivity index is 1.97. The van der Waals surface area contributed by atoms with Crippen molar-refractivity contribution in [3.8, 4) is 0 Å². The van der Waals surface area contributed by atoms with Crippen molar-refractivity contribution in [1.29, 1.82) is 0 Å². The predicted octanol–water partition coefficient (Wildman–Crippen LogP) is 3.11. The predicted molar refractivity (Wildman–Crippen MR) is 79.0 cm³/mol. The minimum absolute atomic E-state index is 0.100. The van der Waals surface area contributed by atoms with Gasteiger partial charge in [0.15, 0.2) is 0 Å². The highest BCUT2D eigenvalue weighted by molar-refractivity contribution is 6.42. The van der Waals surface area contributed by atoms with E-state index in [1.807, 2.05) is 6.92 Å². The summed E-state index contributed by atoms with van der Waals surface area (Å²) in [6.45, 7) is 4.08. The SMILES string of the molecule is CC(NC(=O)c1ccc(Cl)c(Cl)c1)C1CCCNC1. The molecule has 1 aromatic rings. The first-order valence-corrected chi connectivity index (χ1v) is 7.30. The standard InChI is InChI=1S/C14H18Cl2N2O/c1-9(11-3-2-6-17-8-11)18-14(19)10-4-5-12(15)13(16)7-10/h4-5,7,9,11,17H,2-3,6,8H2,1H3,(H,18,19). The fourth-order valence-corrected chi connectivity index (χ4v) is 2.65. The molecule has 0 radical (unpaired) electrons. The normalized spacial score (nSPS) is 20.9. The highest BCUT2D eigenvalue weighted by atomic mass is 35.5. The Morgan fingerprint density at radius 3 is 2.84 bits per heavy atom. The van der Waals surface area contributed by atoms with Crippen LogP contribution in [0.4, 0.5) is 0 Å². The Hall–Kier alpha value is -0.770. The zero-order valence-corrected chi connectivity index (χ0v) is 12.4. The summed E-state index contributed by atoms with van der Waals surface area (Å²) < 4.78 is 0. The van der Waals surface area contributed by atoms with E-state index in [9.17, 15) is 4.79 Å². The molecule has 1 aromatic carbocycles. The summed E-state index contributed by atoms with van der Waals surface area (Å²) in [5.74, 6) is 0.386. The highest BCUT2D eigenvalue weighted by Crippen LogP contribution is 2.23. The third kappa shape index (κ3) is 3.85. The average molecular weight is 301 g/mol. The third-order valence-electron chi connectivity index (χ3n) is 3.58. The number of piperidine rings is 1. The first-order chi connectivity index (χ1) is 9.08. The zero-order valence-electron chi connectivity index (χ0n) is 10.9. The van der Waals surface area contributed by atoms with Crippen LogP contribution >= 0.6 is 23.2 Å². The maximum absolute atomic E-state index is 12.1. The van der Waals surface area contributed by atoms with E-state index in [1.165, 1.54) is 0 Å². The van der Waals surface area contributed by atoms with Crippen LogP contribution in [-0.4, -0.2) is 25.0 Å². The lowest BCUT2D eigenvalue weighted by atomic mass is 9.92. The second-order valence-electron chi connectivity index (χ2n) is 5.00. The van der Waals surface area contributed by atoms with Gasteiger partial charge in [-0.05, 0) is 57.0 Å². The molecule has 1 heterocycles. The first-order valence-electron chi connectivity index (χ1n) is 6.54. The topological polar surface area (TPSA) is 41.1 Å². The minimum atomic E-state index is -0.100. The lowest BCUT2D eigenvalue weighted by molar-refractivity contribution is 0.0922. The molecule has 0 bridgehead atoms. The van der Waals surface area contributed by atoms with Crippen molar-refractivity contribution in [3.05, 3.63) is 33.8 Å². The van der Waals surface area contributed by atoms with Gasteiger partial charge < -0.3 is 10.6 Å². The molecule has 1 fully saturated rings. The second-order valence-corrected chi connectivity index (χ2v) is 5.81. The quantitative estimate of drug-likeness (QED) is 0.900. The van der Waals surface area contributed by atoms with Crippen LogP contribution in [0.25, 0.3) is 0 Å². The molecule has 2 atom stereocenters. The molecular weight excluding hydrogens is 283 g/mol. The molecule has 1 amide bonds. The summed E-state index contributed by atoms with van der Waals surface area (Å²) in [6, 6.07) is 5.08. The zero-order chi connectivity index (χ0) is 13.8. The molecule has 0 aromatic heterocycles. The lowest BCUT2D eigenvalue weighted by Gasteiger charge is -2.29. The smallest absolute Gasteiger partial charge is 0.251 e. The number of rotatable bonds is 3. The van der Waals surface area contributed by atoms with Crippen LogP contribution in [0.15, 0.2) is 18.2 Å². The Labute approximate surface area is 123 Å². The number of amides is 1. The number of carbonyl (C=O) groups is 1. The largest absolute Gasteiger partial charge is 0.349 e. The fourth-order valence-electron chi connectivity index (χ4n) is 2.35. The second kappa shape index (κ2) is 6.60. The van der Waals surface area contributed by atoms with Gasteiger partial charge in [0.25, 0.3) is 5.91 Å². The minimum Gasteiger partial charge on any atom is -0.349 e. The van der Waals surface area contributed by atoms with E-state index in [0.717, 1.165) is 25.9 Å². The molecule has 19 heavy (non-hydrogen) atoms. The van der Waals surface area contributed by atoms with Gasteiger partial charge in [0, 0.05) is 11.6 Å². The van der Waals surface area contributed by atoms with Gasteiger partial charge in [-0.3, -0.25) is 4.79 Å². The van der Waals surface area contributed by atoms with Gasteiger partial charge in [-0.25, -0.2) is 0 Å². The van der Waals surface area contributed by atoms with Gasteiger partial charge in [0.2, 0.25) is 0 Å². The molecule has 3 nitrogen and oxygen atoms in total. The molecule has 5 heteroatoms. The fraction of sp³-hybridized carbons (Fsp3) is 0.500. The van der Waals surface area contributed by atoms with E-state index in [2.05, 4.69) is 10.6 Å². The van der Waals surface area contributed by atoms with Gasteiger partial charge in [-0.15, -0.1) is 0 Å². The molecule has 0 spiro atoms. The molecule has 104 valence electrons. The molecule has 0 saturated carbocycles. The summed E-state index contributed by atoms with van der Waals surface area (Å²) in [6.07, 6.45) is 2.31. The average Bonchev–Trinajstić information content (AvgIpc) is 2.42. The molecule has 2 rings (SSSR count). The molecular formula is C14H18Cl2N2O. The van der Waals surface area contributed by atoms with Gasteiger partial charge >= 0.3 is 0 Å². The summed E-state index contributed by atoms with van der Waals surface area (Å²) in [4.78, 5) is 12.1. The van der Waals surface area contributed by atoms with E-state index >= 15 is 0 Å². The van der Waals surface area contributed by atoms with Crippen molar-refractivity contribution in [1.82, 2.24) is 10.6 Å². The molecule has 1 aliphatic heterocycles. The van der Waals surface area contributed by atoms with Crippen LogP contribution in [0.2, 0.25) is 10.0 Å². The molecule has 2 unspecified atom stereocenters. The summed E-state index contributed by atoms with van der Waals surface area (Å²) in [5.41, 5.74) is 0.546. The number of benzene rings is 1. The number of halogens is 2. The van der Waals surface area contributed by atoms with E-state index in [1.54, 1.807) is 18.2 Å². The van der Waals surface area contributed by atoms with E-state index in [0.29, 0.717) is 21.5 Å². The highest BCUT2D eigenvalue weighted by Gasteiger charge is 2.21. The lowest BCUT2D eigenvalue weighted by Crippen LogP contribution is -2.44. The number of hydrogen-bond donors (Lipinski definition) is 2. The molecule has 2 N–H and O–H groups in total. The van der Waals surface area contributed by atoms with Gasteiger partial charge in [-0.2, -0.15) is 0 Å². The summed E-state index contributed by atoms with van der Waals surface area (Å²) in [7, 11) is 0. The van der Waals surface area contributed by atoms with E-state index < -0.39 is 0 Å². The van der Waals surface area contributed by atoms with E-state index in [-0.39, 0.29) is 11.9 Å². The van der Waals surface area contributed by atoms with Crippen LogP contribution in [0.1, 0.15) is 30.1 Å². The molecule has 1 aliphatic rings. The van der Waals surface area contributed by atoms with Crippen molar-refractivity contribution in [2.75, 3.05) is 13.1 Å². The van der Waals surface area contributed by atoms with Crippen molar-refractivity contribution in [2.45, 2.75) is 25.8 Å². The summed E-state index contributed by atoms with van der Waals surface area (Å²) >= 11 is 11.8. The Morgan fingerprint density at radius 1 is 1.42 bits per heavy atom. The monoisotopic (exact) mass is 300 g/mol. The maximum atomic E-state index is 12.1. The van der Waals surface area contributed by atoms with Crippen molar-refractivity contribution < 1.29 is 4.79 Å². The van der Waals surface area contributed by atoms with Gasteiger partial charge in [0.1, 0.15) is 0 Å². The first kappa shape index (κ1) is 14.6. The number of carbonyl (C=O) groups excluding carboxylic acids is 1. The number of nitrogens with one attached hydrogen (secondary N) is 2. The van der Waals surface area contributed by atoms with Crippen LogP contribution in [-0.2, 0) is 0 Å². The Kier molecular flexibility index (Phi) is 5.08. The van der Waals surface area contributed by atoms with Crippen molar-refractivity contribution in [2.24, 2.45) is 5.92 Å². The maximum Gasteiger partial charge on any atom is 0.251 e. The third-order valence-corrected chi connectivity index (χ3v) is 4.32. The van der Waals surface area contributed by atoms with Gasteiger partial charge in [-0.1, -0.05) is 23.2 Å². The molecule has 1 saturated heterocycles. The van der Waals surface area contributed by atoms with Crippen molar-refractivity contribution in [3.63, 3.8) is 0 Å². The Morgan fingerprint density at radius 2 is 2.21 bits per heavy atom. The Bertz CT molecular complexity index is 459. The van der Waals surface area contributed by atoms with Crippen molar-refractivity contribution >= 4 is 29.1 Å². The van der Waals surface area contributed by atoms with Gasteiger partial charge in [0.05, 0.1) is 10.0 Å². The van der Waals surface area contributed by atoms with Crippen LogP contribution in [0, 0.1) is 5.92 Å². The summed E-state index contributed by atoms with van der Waals surface area (Å²) in [5, 5.41) is 7.25. The molecule has 0 aliphatic carbocycles. The van der Waals surface area contributed by atoms with E-state index in [4.69, 9.17) is 23.2 Å².